The van der Waals surface area contributed by atoms with E-state index in [2.05, 4.69) is 53.5 Å². The number of aliphatic imine (C=N–C) groups is 1. The number of nitrogens with zero attached hydrogens (tertiary/aromatic N) is 1. The van der Waals surface area contributed by atoms with E-state index in [1.165, 1.54) is 16.7 Å². The van der Waals surface area contributed by atoms with E-state index < -0.39 is 0 Å². The van der Waals surface area contributed by atoms with Crippen LogP contribution in [0.5, 0.6) is 0 Å². The van der Waals surface area contributed by atoms with Crippen LogP contribution in [0, 0.1) is 0 Å². The highest BCUT2D eigenvalue weighted by Gasteiger charge is 2.00. The first-order valence-electron chi connectivity index (χ1n) is 7.13. The Hall–Kier alpha value is -2.67. The first-order chi connectivity index (χ1) is 10.4. The lowest BCUT2D eigenvalue weighted by Crippen LogP contribution is -1.94. The van der Waals surface area contributed by atoms with Crippen molar-refractivity contribution in [3.8, 4) is 0 Å². The van der Waals surface area contributed by atoms with Crippen LogP contribution in [0.3, 0.4) is 0 Å². The molecule has 0 aliphatic heterocycles. The molecule has 1 nitrogen and oxygen atoms in total. The van der Waals surface area contributed by atoms with Gasteiger partial charge in [-0.3, -0.25) is 4.99 Å². The van der Waals surface area contributed by atoms with Crippen molar-refractivity contribution in [2.75, 3.05) is 0 Å². The molecule has 0 heterocycles. The Balaban J connectivity index is 1.84. The molecular formula is C20H17N. The quantitative estimate of drug-likeness (QED) is 0.590. The van der Waals surface area contributed by atoms with Crippen molar-refractivity contribution < 1.29 is 0 Å². The molecule has 0 saturated carbocycles. The molecule has 0 saturated heterocycles. The molecule has 0 spiro atoms. The van der Waals surface area contributed by atoms with Gasteiger partial charge in [0.05, 0.1) is 5.69 Å². The van der Waals surface area contributed by atoms with Gasteiger partial charge < -0.3 is 0 Å². The summed E-state index contributed by atoms with van der Waals surface area (Å²) in [4.78, 5) is 4.55. The summed E-state index contributed by atoms with van der Waals surface area (Å²) in [6, 6.07) is 29.0. The average Bonchev–Trinajstić information content (AvgIpc) is 2.56. The first-order valence-corrected chi connectivity index (χ1v) is 7.13. The highest BCUT2D eigenvalue weighted by Crippen LogP contribution is 2.15. The van der Waals surface area contributed by atoms with Gasteiger partial charge in [0.25, 0.3) is 0 Å². The average molecular weight is 271 g/mol. The molecule has 0 amide bonds. The second-order valence-corrected chi connectivity index (χ2v) is 4.95. The minimum atomic E-state index is 0.928. The van der Waals surface area contributed by atoms with E-state index >= 15 is 0 Å². The van der Waals surface area contributed by atoms with Gasteiger partial charge in [-0.05, 0) is 35.2 Å². The van der Waals surface area contributed by atoms with Gasteiger partial charge in [-0.25, -0.2) is 0 Å². The van der Waals surface area contributed by atoms with Gasteiger partial charge in [0.1, 0.15) is 0 Å². The van der Waals surface area contributed by atoms with Crippen LogP contribution in [0.15, 0.2) is 89.9 Å². The van der Waals surface area contributed by atoms with Gasteiger partial charge in [-0.15, -0.1) is 0 Å². The maximum atomic E-state index is 4.55. The standard InChI is InChI=1S/C20H17N/c1-3-9-17(10-4-1)15-18-11-7-8-12-19(18)16-21-20-13-5-2-6-14-20/h1-14,16H,15H2/b21-16-. The molecule has 0 atom stereocenters. The number of hydrogen-bond donors (Lipinski definition) is 0. The molecule has 0 aliphatic carbocycles. The third kappa shape index (κ3) is 3.67. The lowest BCUT2D eigenvalue weighted by atomic mass is 10.0. The monoisotopic (exact) mass is 271 g/mol. The van der Waals surface area contributed by atoms with Crippen molar-refractivity contribution in [3.05, 3.63) is 102 Å². The molecule has 0 bridgehead atoms. The smallest absolute Gasteiger partial charge is 0.0629 e. The van der Waals surface area contributed by atoms with Gasteiger partial charge in [0, 0.05) is 6.21 Å². The zero-order chi connectivity index (χ0) is 14.3. The number of benzene rings is 3. The molecule has 1 heteroatoms. The van der Waals surface area contributed by atoms with Crippen molar-refractivity contribution in [2.45, 2.75) is 6.42 Å². The Morgan fingerprint density at radius 3 is 2.05 bits per heavy atom. The third-order valence-corrected chi connectivity index (χ3v) is 3.40. The SMILES string of the molecule is C(=N/c1ccccc1)/c1ccccc1Cc1ccccc1. The largest absolute Gasteiger partial charge is 0.256 e. The molecule has 21 heavy (non-hydrogen) atoms. The van der Waals surface area contributed by atoms with Crippen molar-refractivity contribution in [1.29, 1.82) is 0 Å². The fourth-order valence-corrected chi connectivity index (χ4v) is 2.30. The zero-order valence-electron chi connectivity index (χ0n) is 11.8. The van der Waals surface area contributed by atoms with E-state index in [1.54, 1.807) is 0 Å². The van der Waals surface area contributed by atoms with Crippen molar-refractivity contribution in [3.63, 3.8) is 0 Å². The highest BCUT2D eigenvalue weighted by atomic mass is 14.7. The topological polar surface area (TPSA) is 12.4 Å². The third-order valence-electron chi connectivity index (χ3n) is 3.40. The summed E-state index contributed by atoms with van der Waals surface area (Å²) in [5.74, 6) is 0. The molecule has 0 unspecified atom stereocenters. The summed E-state index contributed by atoms with van der Waals surface area (Å²) in [7, 11) is 0. The minimum absolute atomic E-state index is 0.928. The number of para-hydroxylation sites is 1. The van der Waals surface area contributed by atoms with Crippen molar-refractivity contribution in [1.82, 2.24) is 0 Å². The summed E-state index contributed by atoms with van der Waals surface area (Å²) in [6.07, 6.45) is 2.88. The fraction of sp³-hybridized carbons (Fsp3) is 0.0500. The van der Waals surface area contributed by atoms with Crippen LogP contribution in [0.4, 0.5) is 5.69 Å². The Bertz CT molecular complexity index is 715. The van der Waals surface area contributed by atoms with Crippen molar-refractivity contribution >= 4 is 11.9 Å². The van der Waals surface area contributed by atoms with E-state index in [-0.39, 0.29) is 0 Å². The molecule has 0 aromatic heterocycles. The molecule has 0 N–H and O–H groups in total. The Labute approximate surface area is 125 Å². The predicted octanol–water partition coefficient (Wildman–Crippen LogP) is 5.03. The summed E-state index contributed by atoms with van der Waals surface area (Å²) in [6.45, 7) is 0. The summed E-state index contributed by atoms with van der Waals surface area (Å²) < 4.78 is 0. The molecule has 3 aromatic rings. The van der Waals surface area contributed by atoms with Crippen LogP contribution in [0.1, 0.15) is 16.7 Å². The van der Waals surface area contributed by atoms with E-state index in [9.17, 15) is 0 Å². The number of rotatable bonds is 4. The van der Waals surface area contributed by atoms with Gasteiger partial charge in [0.2, 0.25) is 0 Å². The maximum absolute atomic E-state index is 4.55. The molecule has 3 rings (SSSR count). The molecule has 0 fully saturated rings. The lowest BCUT2D eigenvalue weighted by molar-refractivity contribution is 1.19. The number of hydrogen-bond acceptors (Lipinski definition) is 1. The van der Waals surface area contributed by atoms with Crippen LogP contribution in [0.2, 0.25) is 0 Å². The van der Waals surface area contributed by atoms with Crippen LogP contribution >= 0.6 is 0 Å². The first kappa shape index (κ1) is 13.3. The summed E-state index contributed by atoms with van der Waals surface area (Å²) >= 11 is 0. The summed E-state index contributed by atoms with van der Waals surface area (Å²) in [5, 5.41) is 0. The van der Waals surface area contributed by atoms with Crippen LogP contribution in [-0.2, 0) is 6.42 Å². The Morgan fingerprint density at radius 2 is 1.29 bits per heavy atom. The van der Waals surface area contributed by atoms with Crippen LogP contribution in [-0.4, -0.2) is 6.21 Å². The van der Waals surface area contributed by atoms with E-state index in [1.807, 2.05) is 42.6 Å². The van der Waals surface area contributed by atoms with Gasteiger partial charge >= 0.3 is 0 Å². The van der Waals surface area contributed by atoms with Gasteiger partial charge in [-0.1, -0.05) is 72.8 Å². The molecule has 102 valence electrons. The molecule has 0 aliphatic rings. The van der Waals surface area contributed by atoms with Gasteiger partial charge in [-0.2, -0.15) is 0 Å². The van der Waals surface area contributed by atoms with E-state index in [0.717, 1.165) is 12.1 Å². The lowest BCUT2D eigenvalue weighted by Gasteiger charge is -2.05. The molecular weight excluding hydrogens is 254 g/mol. The second-order valence-electron chi connectivity index (χ2n) is 4.95. The highest BCUT2D eigenvalue weighted by molar-refractivity contribution is 5.84. The van der Waals surface area contributed by atoms with Crippen LogP contribution in [0.25, 0.3) is 0 Å². The Kier molecular flexibility index (Phi) is 4.23. The Morgan fingerprint density at radius 1 is 0.667 bits per heavy atom. The summed E-state index contributed by atoms with van der Waals surface area (Å²) in [5.41, 5.74) is 4.76. The normalized spacial score (nSPS) is 10.9. The van der Waals surface area contributed by atoms with E-state index in [0.29, 0.717) is 0 Å². The van der Waals surface area contributed by atoms with Crippen LogP contribution < -0.4 is 0 Å². The molecule has 3 aromatic carbocycles. The maximum Gasteiger partial charge on any atom is 0.0629 e. The second kappa shape index (κ2) is 6.67. The van der Waals surface area contributed by atoms with E-state index in [4.69, 9.17) is 0 Å². The zero-order valence-corrected chi connectivity index (χ0v) is 11.8. The van der Waals surface area contributed by atoms with Crippen molar-refractivity contribution in [2.24, 2.45) is 4.99 Å². The predicted molar refractivity (Wildman–Crippen MR) is 89.4 cm³/mol. The van der Waals surface area contributed by atoms with Gasteiger partial charge in [0.15, 0.2) is 0 Å². The molecule has 0 radical (unpaired) electrons. The fourth-order valence-electron chi connectivity index (χ4n) is 2.30. The minimum Gasteiger partial charge on any atom is -0.256 e.